The molecule has 0 radical (unpaired) electrons. The first-order valence-corrected chi connectivity index (χ1v) is 10.3. The number of imidazole rings is 2. The van der Waals surface area contributed by atoms with Crippen molar-refractivity contribution in [2.75, 3.05) is 0 Å². The van der Waals surface area contributed by atoms with Gasteiger partial charge in [0.1, 0.15) is 51.0 Å². The van der Waals surface area contributed by atoms with Crippen LogP contribution in [0.5, 0.6) is 0 Å². The molecule has 1 aliphatic rings. The van der Waals surface area contributed by atoms with Crippen LogP contribution >= 0.6 is 0 Å². The van der Waals surface area contributed by atoms with E-state index in [2.05, 4.69) is 107 Å². The number of hydrogen-bond acceptors (Lipinski definition) is 0. The number of hydrogen-bond donors (Lipinski definition) is 0. The van der Waals surface area contributed by atoms with Gasteiger partial charge in [0.25, 0.3) is 0 Å². The van der Waals surface area contributed by atoms with Gasteiger partial charge in [0.15, 0.2) is 0 Å². The van der Waals surface area contributed by atoms with Crippen LogP contribution in [0.3, 0.4) is 0 Å². The van der Waals surface area contributed by atoms with E-state index >= 15 is 0 Å². The van der Waals surface area contributed by atoms with E-state index in [4.69, 9.17) is 0 Å². The van der Waals surface area contributed by atoms with Crippen LogP contribution in [0.2, 0.25) is 0 Å². The summed E-state index contributed by atoms with van der Waals surface area (Å²) in [5.41, 5.74) is 9.78. The Morgan fingerprint density at radius 3 is 1.61 bits per heavy atom. The highest BCUT2D eigenvalue weighted by molar-refractivity contribution is 5.45. The number of nitrogens with zero attached hydrogens (tertiary/aromatic N) is 4. The van der Waals surface area contributed by atoms with E-state index in [-0.39, 0.29) is 34.0 Å². The molecule has 0 unspecified atom stereocenters. The van der Waals surface area contributed by atoms with Gasteiger partial charge in [-0.15, -0.1) is 0 Å². The topological polar surface area (TPSA) is 17.6 Å². The quantitative estimate of drug-likeness (QED) is 0.189. The lowest BCUT2D eigenvalue weighted by Crippen LogP contribution is -3.00. The van der Waals surface area contributed by atoms with E-state index in [9.17, 15) is 0 Å². The van der Waals surface area contributed by atoms with E-state index < -0.39 is 0 Å². The molecular formula is C25H28Br2N4. The third-order valence-corrected chi connectivity index (χ3v) is 6.29. The summed E-state index contributed by atoms with van der Waals surface area (Å²) in [7, 11) is 0. The fourth-order valence-electron chi connectivity index (χ4n) is 4.64. The van der Waals surface area contributed by atoms with E-state index in [0.717, 1.165) is 26.2 Å². The molecule has 5 rings (SSSR count). The van der Waals surface area contributed by atoms with Crippen LogP contribution in [0.4, 0.5) is 0 Å². The Balaban J connectivity index is 0.00000136. The average Bonchev–Trinajstić information content (AvgIpc) is 3.32. The van der Waals surface area contributed by atoms with Gasteiger partial charge in [0, 0.05) is 11.1 Å². The summed E-state index contributed by atoms with van der Waals surface area (Å²) >= 11 is 0. The standard InChI is InChI=1S/C25H28N4.2BrH/c1-19-12-20(2)25-16-29-11-9-27(18-29)14-23-7-5-4-6-22(23)13-26-8-10-28(17-26)15-24(19)21(25)3;;/h4-12,17-18H,13-16H2,1-3H3;2*1H/q+2;;/p-2. The molecule has 0 spiro atoms. The summed E-state index contributed by atoms with van der Waals surface area (Å²) in [4.78, 5) is 0. The highest BCUT2D eigenvalue weighted by Crippen LogP contribution is 2.24. The van der Waals surface area contributed by atoms with Gasteiger partial charge in [-0.25, -0.2) is 18.3 Å². The molecule has 0 amide bonds. The normalized spacial score (nSPS) is 12.6. The molecule has 3 heterocycles. The summed E-state index contributed by atoms with van der Waals surface area (Å²) in [6.45, 7) is 10.4. The van der Waals surface area contributed by atoms with Gasteiger partial charge in [-0.3, -0.25) is 0 Å². The third kappa shape index (κ3) is 4.70. The molecule has 0 atom stereocenters. The second-order valence-corrected chi connectivity index (χ2v) is 8.38. The third-order valence-electron chi connectivity index (χ3n) is 6.29. The van der Waals surface area contributed by atoms with Crippen LogP contribution in [-0.2, 0) is 26.2 Å². The Morgan fingerprint density at radius 1 is 0.710 bits per heavy atom. The molecule has 6 heteroatoms. The van der Waals surface area contributed by atoms with Crippen LogP contribution in [-0.4, -0.2) is 9.13 Å². The molecule has 162 valence electrons. The summed E-state index contributed by atoms with van der Waals surface area (Å²) in [5.74, 6) is 0. The van der Waals surface area contributed by atoms with Crippen molar-refractivity contribution in [2.45, 2.75) is 47.0 Å². The van der Waals surface area contributed by atoms with Crippen LogP contribution in [0.15, 0.2) is 67.8 Å². The molecule has 4 nitrogen and oxygen atoms in total. The first-order valence-electron chi connectivity index (χ1n) is 10.3. The van der Waals surface area contributed by atoms with Crippen molar-refractivity contribution in [1.29, 1.82) is 0 Å². The van der Waals surface area contributed by atoms with Crippen molar-refractivity contribution in [3.8, 4) is 0 Å². The molecule has 0 N–H and O–H groups in total. The summed E-state index contributed by atoms with van der Waals surface area (Å²) in [5, 5.41) is 0. The van der Waals surface area contributed by atoms with Crippen LogP contribution in [0, 0.1) is 20.8 Å². The van der Waals surface area contributed by atoms with Crippen molar-refractivity contribution in [3.05, 3.63) is 107 Å². The highest BCUT2D eigenvalue weighted by Gasteiger charge is 2.18. The van der Waals surface area contributed by atoms with E-state index in [1.54, 1.807) is 0 Å². The lowest BCUT2D eigenvalue weighted by atomic mass is 9.93. The van der Waals surface area contributed by atoms with E-state index in [0.29, 0.717) is 0 Å². The van der Waals surface area contributed by atoms with Crippen LogP contribution < -0.4 is 43.1 Å². The Hall–Kier alpha value is -2.18. The lowest BCUT2D eigenvalue weighted by Gasteiger charge is -2.15. The zero-order valence-electron chi connectivity index (χ0n) is 18.2. The van der Waals surface area contributed by atoms with Gasteiger partial charge in [0.05, 0.1) is 0 Å². The molecule has 6 bridgehead atoms. The first-order chi connectivity index (χ1) is 14.1. The zero-order chi connectivity index (χ0) is 20.0. The number of aromatic nitrogens is 4. The summed E-state index contributed by atoms with van der Waals surface area (Å²) in [6.07, 6.45) is 13.2. The van der Waals surface area contributed by atoms with Crippen molar-refractivity contribution in [1.82, 2.24) is 9.13 Å². The number of rotatable bonds is 0. The van der Waals surface area contributed by atoms with Crippen LogP contribution in [0.25, 0.3) is 0 Å². The molecule has 0 saturated carbocycles. The van der Waals surface area contributed by atoms with Crippen molar-refractivity contribution in [3.63, 3.8) is 0 Å². The van der Waals surface area contributed by atoms with Crippen molar-refractivity contribution in [2.24, 2.45) is 0 Å². The Morgan fingerprint density at radius 2 is 1.16 bits per heavy atom. The van der Waals surface area contributed by atoms with Gasteiger partial charge < -0.3 is 34.0 Å². The minimum atomic E-state index is 0. The van der Waals surface area contributed by atoms with E-state index in [1.165, 1.54) is 38.9 Å². The largest absolute Gasteiger partial charge is 1.00 e. The molecule has 31 heavy (non-hydrogen) atoms. The van der Waals surface area contributed by atoms with Crippen LogP contribution in [0.1, 0.15) is 38.9 Å². The second kappa shape index (κ2) is 9.53. The van der Waals surface area contributed by atoms with Gasteiger partial charge in [-0.05, 0) is 48.6 Å². The van der Waals surface area contributed by atoms with Gasteiger partial charge in [0.2, 0.25) is 12.7 Å². The highest BCUT2D eigenvalue weighted by atomic mass is 79.9. The molecule has 1 aliphatic heterocycles. The number of aryl methyl sites for hydroxylation is 2. The number of benzene rings is 2. The zero-order valence-corrected chi connectivity index (χ0v) is 21.4. The second-order valence-electron chi connectivity index (χ2n) is 8.38. The lowest BCUT2D eigenvalue weighted by molar-refractivity contribution is -0.693. The minimum Gasteiger partial charge on any atom is -1.00 e. The maximum absolute atomic E-state index is 2.35. The molecule has 4 aromatic rings. The molecule has 2 aromatic carbocycles. The average molecular weight is 544 g/mol. The predicted octanol–water partition coefficient (Wildman–Crippen LogP) is -2.70. The molecule has 0 saturated heterocycles. The molecule has 0 aliphatic carbocycles. The Kier molecular flexibility index (Phi) is 7.22. The smallest absolute Gasteiger partial charge is 0.244 e. The minimum absolute atomic E-state index is 0. The fraction of sp³-hybridized carbons (Fsp3) is 0.280. The Labute approximate surface area is 205 Å². The van der Waals surface area contributed by atoms with Gasteiger partial charge >= 0.3 is 0 Å². The molecular weight excluding hydrogens is 516 g/mol. The number of fused-ring (bicyclic) bond motifs is 7. The predicted molar refractivity (Wildman–Crippen MR) is 113 cm³/mol. The maximum atomic E-state index is 2.35. The SMILES string of the molecule is Cc1cc(C)c2c(C)c1Cn1cc[n+](c1)Cc1ccccc1C[n+]1ccn(c1)C2.[Br-].[Br-]. The maximum Gasteiger partial charge on any atom is 0.244 e. The van der Waals surface area contributed by atoms with Crippen molar-refractivity contribution < 1.29 is 43.1 Å². The van der Waals surface area contributed by atoms with Gasteiger partial charge in [-0.1, -0.05) is 30.3 Å². The molecule has 2 aromatic heterocycles. The van der Waals surface area contributed by atoms with E-state index in [1.807, 2.05) is 0 Å². The summed E-state index contributed by atoms with van der Waals surface area (Å²) < 4.78 is 9.18. The van der Waals surface area contributed by atoms with Gasteiger partial charge in [-0.2, -0.15) is 0 Å². The van der Waals surface area contributed by atoms with Crippen molar-refractivity contribution >= 4 is 0 Å². The first kappa shape index (κ1) is 23.5. The fourth-order valence-corrected chi connectivity index (χ4v) is 4.64. The molecule has 0 fully saturated rings. The summed E-state index contributed by atoms with van der Waals surface area (Å²) in [6, 6.07) is 11.1. The Bertz CT molecular complexity index is 1120. The monoisotopic (exact) mass is 542 g/mol. The number of halogens is 2.